The van der Waals surface area contributed by atoms with E-state index < -0.39 is 9.52 Å². The van der Waals surface area contributed by atoms with Crippen molar-refractivity contribution < 1.29 is 4.21 Å². The van der Waals surface area contributed by atoms with E-state index in [1.54, 1.807) is 12.5 Å². The molecule has 0 radical (unpaired) electrons. The fourth-order valence-electron chi connectivity index (χ4n) is 0.714. The number of nitrogens with zero attached hydrogens (tertiary/aromatic N) is 1. The number of rotatable bonds is 1. The van der Waals surface area contributed by atoms with E-state index in [1.807, 2.05) is 0 Å². The first-order valence-electron chi connectivity index (χ1n) is 3.32. The van der Waals surface area contributed by atoms with Gasteiger partial charge in [0, 0.05) is 30.1 Å². The van der Waals surface area contributed by atoms with E-state index >= 15 is 0 Å². The van der Waals surface area contributed by atoms with E-state index in [1.165, 1.54) is 17.6 Å². The first-order valence-corrected chi connectivity index (χ1v) is 5.75. The van der Waals surface area contributed by atoms with Gasteiger partial charge in [0.05, 0.1) is 0 Å². The average molecular weight is 186 g/mol. The summed E-state index contributed by atoms with van der Waals surface area (Å²) in [7, 11) is -2.00. The van der Waals surface area contributed by atoms with Crippen molar-refractivity contribution in [2.75, 3.05) is 12.5 Å². The largest absolute Gasteiger partial charge is 0.307 e. The van der Waals surface area contributed by atoms with Gasteiger partial charge in [0.2, 0.25) is 0 Å². The second kappa shape index (κ2) is 3.10. The summed E-state index contributed by atoms with van der Waals surface area (Å²) in [5, 5.41) is 1.45. The van der Waals surface area contributed by atoms with E-state index in [-0.39, 0.29) is 5.56 Å². The standard InChI is InChI=1S/C7H10N2O2S/c1-12(2,11)5-6-8-4-3-7(10)9-6/h3-5H,1-2H3,(H,8,9,10). The van der Waals surface area contributed by atoms with Gasteiger partial charge in [-0.1, -0.05) is 0 Å². The monoisotopic (exact) mass is 186 g/mol. The van der Waals surface area contributed by atoms with Gasteiger partial charge in [0.15, 0.2) is 0 Å². The highest BCUT2D eigenvalue weighted by molar-refractivity contribution is 8.00. The summed E-state index contributed by atoms with van der Waals surface area (Å²) >= 11 is 0. The molecule has 0 saturated carbocycles. The molecule has 1 aromatic rings. The Hall–Kier alpha value is -1.10. The minimum atomic E-state index is -2.00. The third-order valence-electron chi connectivity index (χ3n) is 1.09. The smallest absolute Gasteiger partial charge is 0.251 e. The first-order chi connectivity index (χ1) is 5.47. The van der Waals surface area contributed by atoms with Crippen LogP contribution in [-0.2, 0) is 9.52 Å². The van der Waals surface area contributed by atoms with Crippen molar-refractivity contribution in [2.45, 2.75) is 0 Å². The summed E-state index contributed by atoms with van der Waals surface area (Å²) in [6, 6.07) is 1.31. The van der Waals surface area contributed by atoms with E-state index in [2.05, 4.69) is 9.97 Å². The van der Waals surface area contributed by atoms with Crippen molar-refractivity contribution in [2.24, 2.45) is 0 Å². The Morgan fingerprint density at radius 1 is 1.58 bits per heavy atom. The van der Waals surface area contributed by atoms with Gasteiger partial charge >= 0.3 is 0 Å². The Morgan fingerprint density at radius 2 is 2.25 bits per heavy atom. The van der Waals surface area contributed by atoms with Crippen LogP contribution < -0.4 is 5.56 Å². The zero-order valence-corrected chi connectivity index (χ0v) is 7.72. The maximum absolute atomic E-state index is 11.2. The topological polar surface area (TPSA) is 62.8 Å². The van der Waals surface area contributed by atoms with Gasteiger partial charge in [-0.3, -0.25) is 9.00 Å². The van der Waals surface area contributed by atoms with Gasteiger partial charge in [-0.05, 0) is 9.52 Å². The van der Waals surface area contributed by atoms with Crippen LogP contribution in [0.2, 0.25) is 0 Å². The third-order valence-corrected chi connectivity index (χ3v) is 1.88. The molecule has 0 aliphatic carbocycles. The number of aromatic nitrogens is 2. The van der Waals surface area contributed by atoms with Gasteiger partial charge in [0.1, 0.15) is 5.82 Å². The molecule has 1 heterocycles. The average Bonchev–Trinajstić information content (AvgIpc) is 1.82. The molecular formula is C7H10N2O2S. The van der Waals surface area contributed by atoms with Crippen molar-refractivity contribution in [3.05, 3.63) is 28.4 Å². The molecule has 0 amide bonds. The van der Waals surface area contributed by atoms with Crippen LogP contribution in [0.4, 0.5) is 0 Å². The maximum Gasteiger partial charge on any atom is 0.251 e. The lowest BCUT2D eigenvalue weighted by molar-refractivity contribution is 0.688. The van der Waals surface area contributed by atoms with Crippen molar-refractivity contribution in [1.29, 1.82) is 0 Å². The van der Waals surface area contributed by atoms with Crippen LogP contribution in [0.25, 0.3) is 0 Å². The predicted molar refractivity (Wildman–Crippen MR) is 50.0 cm³/mol. The zero-order chi connectivity index (χ0) is 9.19. The minimum Gasteiger partial charge on any atom is -0.307 e. The van der Waals surface area contributed by atoms with Crippen LogP contribution in [0, 0.1) is 0 Å². The van der Waals surface area contributed by atoms with Crippen LogP contribution >= 0.6 is 0 Å². The van der Waals surface area contributed by atoms with Crippen LogP contribution in [-0.4, -0.2) is 32.1 Å². The first kappa shape index (κ1) is 8.99. The fraction of sp³-hybridized carbons (Fsp3) is 0.286. The molecular weight excluding hydrogens is 176 g/mol. The molecule has 0 aromatic carbocycles. The highest BCUT2D eigenvalue weighted by atomic mass is 32.2. The highest BCUT2D eigenvalue weighted by Crippen LogP contribution is 1.82. The van der Waals surface area contributed by atoms with E-state index in [0.29, 0.717) is 5.82 Å². The van der Waals surface area contributed by atoms with Crippen LogP contribution in [0.15, 0.2) is 17.1 Å². The number of nitrogens with one attached hydrogen (secondary N) is 1. The molecule has 1 aromatic heterocycles. The Morgan fingerprint density at radius 3 is 2.75 bits per heavy atom. The normalized spacial score (nSPS) is 11.2. The van der Waals surface area contributed by atoms with Crippen molar-refractivity contribution >= 4 is 14.9 Å². The van der Waals surface area contributed by atoms with Crippen molar-refractivity contribution in [3.63, 3.8) is 0 Å². The van der Waals surface area contributed by atoms with Crippen LogP contribution in [0.1, 0.15) is 5.82 Å². The number of hydrogen-bond acceptors (Lipinski definition) is 3. The predicted octanol–water partition coefficient (Wildman–Crippen LogP) is -0.536. The summed E-state index contributed by atoms with van der Waals surface area (Å²) in [5.41, 5.74) is -0.236. The Kier molecular flexibility index (Phi) is 2.32. The lowest BCUT2D eigenvalue weighted by atomic mass is 10.6. The SMILES string of the molecule is CS(C)(=O)=Cc1nccc(=O)[nH]1. The lowest BCUT2D eigenvalue weighted by Gasteiger charge is -1.94. The molecule has 5 heteroatoms. The van der Waals surface area contributed by atoms with Gasteiger partial charge in [0.25, 0.3) is 5.56 Å². The Balaban J connectivity index is 3.24. The quantitative estimate of drug-likeness (QED) is 0.599. The summed E-state index contributed by atoms with van der Waals surface area (Å²) in [5.74, 6) is 0.359. The molecule has 0 spiro atoms. The molecule has 4 nitrogen and oxygen atoms in total. The number of H-pyrrole nitrogens is 1. The Labute approximate surface area is 70.7 Å². The molecule has 0 aliphatic heterocycles. The lowest BCUT2D eigenvalue weighted by Crippen LogP contribution is -2.11. The molecule has 66 valence electrons. The highest BCUT2D eigenvalue weighted by Gasteiger charge is 1.93. The molecule has 0 atom stereocenters. The van der Waals surface area contributed by atoms with Gasteiger partial charge in [-0.25, -0.2) is 4.98 Å². The molecule has 0 saturated heterocycles. The summed E-state index contributed by atoms with van der Waals surface area (Å²) in [4.78, 5) is 17.1. The molecule has 1 rings (SSSR count). The van der Waals surface area contributed by atoms with E-state index in [0.717, 1.165) is 0 Å². The van der Waals surface area contributed by atoms with Gasteiger partial charge in [-0.2, -0.15) is 0 Å². The number of aromatic amines is 1. The molecule has 0 unspecified atom stereocenters. The summed E-state index contributed by atoms with van der Waals surface area (Å²) in [6.07, 6.45) is 4.55. The van der Waals surface area contributed by atoms with Gasteiger partial charge < -0.3 is 4.98 Å². The minimum absolute atomic E-state index is 0.236. The zero-order valence-electron chi connectivity index (χ0n) is 6.90. The molecule has 12 heavy (non-hydrogen) atoms. The van der Waals surface area contributed by atoms with Crippen molar-refractivity contribution in [3.8, 4) is 0 Å². The molecule has 0 aliphatic rings. The maximum atomic E-state index is 11.2. The molecule has 0 fully saturated rings. The van der Waals surface area contributed by atoms with Gasteiger partial charge in [-0.15, -0.1) is 0 Å². The summed E-state index contributed by atoms with van der Waals surface area (Å²) < 4.78 is 11.2. The second-order valence-electron chi connectivity index (χ2n) is 2.75. The fourth-order valence-corrected chi connectivity index (χ4v) is 1.37. The second-order valence-corrected chi connectivity index (χ2v) is 5.60. The number of hydrogen-bond donors (Lipinski definition) is 1. The van der Waals surface area contributed by atoms with Crippen LogP contribution in [0.3, 0.4) is 0 Å². The molecule has 1 N–H and O–H groups in total. The Bertz CT molecular complexity index is 433. The van der Waals surface area contributed by atoms with Crippen LogP contribution in [0.5, 0.6) is 0 Å². The summed E-state index contributed by atoms with van der Waals surface area (Å²) in [6.45, 7) is 0. The third kappa shape index (κ3) is 2.87. The van der Waals surface area contributed by atoms with E-state index in [4.69, 9.17) is 0 Å². The van der Waals surface area contributed by atoms with Crippen molar-refractivity contribution in [1.82, 2.24) is 9.97 Å². The van der Waals surface area contributed by atoms with E-state index in [9.17, 15) is 9.00 Å². The molecule has 0 bridgehead atoms.